The molecule has 0 saturated carbocycles. The van der Waals surface area contributed by atoms with Crippen LogP contribution in [0.4, 0.5) is 26.3 Å². The molecular formula is C37H15F6N3S4. The molecule has 0 aliphatic heterocycles. The molecule has 4 aromatic heterocycles. The lowest BCUT2D eigenvalue weighted by molar-refractivity contribution is -0.138. The third kappa shape index (κ3) is 6.73. The summed E-state index contributed by atoms with van der Waals surface area (Å²) in [5.74, 6) is 11.8. The van der Waals surface area contributed by atoms with E-state index >= 15 is 0 Å². The van der Waals surface area contributed by atoms with Crippen LogP contribution in [0.1, 0.15) is 42.2 Å². The Kier molecular flexibility index (Phi) is 7.96. The maximum absolute atomic E-state index is 12.8. The molecule has 0 fully saturated rings. The van der Waals surface area contributed by atoms with E-state index in [1.54, 1.807) is 11.3 Å². The molecule has 0 bridgehead atoms. The van der Waals surface area contributed by atoms with Gasteiger partial charge < -0.3 is 0 Å². The molecular weight excluding hydrogens is 729 g/mol. The van der Waals surface area contributed by atoms with Crippen molar-refractivity contribution in [1.82, 2.24) is 15.0 Å². The summed E-state index contributed by atoms with van der Waals surface area (Å²) in [4.78, 5) is 14.9. The largest absolute Gasteiger partial charge is 0.416 e. The van der Waals surface area contributed by atoms with Crippen molar-refractivity contribution in [3.05, 3.63) is 121 Å². The first-order valence-corrected chi connectivity index (χ1v) is 17.8. The van der Waals surface area contributed by atoms with Gasteiger partial charge in [-0.15, -0.1) is 45.3 Å². The molecule has 0 aliphatic rings. The molecule has 50 heavy (non-hydrogen) atoms. The van der Waals surface area contributed by atoms with Gasteiger partial charge in [-0.1, -0.05) is 17.8 Å². The molecule has 0 unspecified atom stereocenters. The van der Waals surface area contributed by atoms with Gasteiger partial charge in [0, 0.05) is 15.8 Å². The number of thiazole rings is 3. The Labute approximate surface area is 295 Å². The zero-order valence-electron chi connectivity index (χ0n) is 24.9. The van der Waals surface area contributed by atoms with Crippen molar-refractivity contribution < 1.29 is 26.3 Å². The SMILES string of the molecule is FC(F)(F)c1ccc(C#Cc2cc3cc4sc(/C=C/c5nc6cc7sc(C#Cc8ccc(C(F)(F)F)cc8)nc7cc6s5)nc4cc3s2)cc1. The van der Waals surface area contributed by atoms with E-state index in [1.807, 2.05) is 36.4 Å². The molecule has 0 spiro atoms. The van der Waals surface area contributed by atoms with Crippen LogP contribution in [-0.2, 0) is 12.4 Å². The molecule has 8 rings (SSSR count). The number of hydrogen-bond acceptors (Lipinski definition) is 7. The summed E-state index contributed by atoms with van der Waals surface area (Å²) in [7, 11) is 0. The Bertz CT molecular complexity index is 2450. The lowest BCUT2D eigenvalue weighted by Gasteiger charge is -2.05. The molecule has 244 valence electrons. The van der Waals surface area contributed by atoms with Gasteiger partial charge in [-0.2, -0.15) is 26.3 Å². The molecule has 8 aromatic rings. The highest BCUT2D eigenvalue weighted by Crippen LogP contribution is 2.35. The Morgan fingerprint density at radius 2 is 0.960 bits per heavy atom. The van der Waals surface area contributed by atoms with Crippen molar-refractivity contribution in [2.24, 2.45) is 0 Å². The highest BCUT2D eigenvalue weighted by molar-refractivity contribution is 7.21. The number of benzene rings is 4. The third-order valence-electron chi connectivity index (χ3n) is 7.39. The first-order chi connectivity index (χ1) is 23.9. The number of fused-ring (bicyclic) bond motifs is 4. The summed E-state index contributed by atoms with van der Waals surface area (Å²) in [5.41, 5.74) is 2.03. The zero-order chi connectivity index (χ0) is 34.6. The highest BCUT2D eigenvalue weighted by atomic mass is 32.1. The van der Waals surface area contributed by atoms with E-state index in [1.165, 1.54) is 58.3 Å². The van der Waals surface area contributed by atoms with Gasteiger partial charge in [0.25, 0.3) is 0 Å². The van der Waals surface area contributed by atoms with Crippen LogP contribution >= 0.6 is 45.3 Å². The van der Waals surface area contributed by atoms with E-state index < -0.39 is 23.5 Å². The van der Waals surface area contributed by atoms with Gasteiger partial charge in [0.2, 0.25) is 0 Å². The van der Waals surface area contributed by atoms with Gasteiger partial charge >= 0.3 is 12.4 Å². The minimum Gasteiger partial charge on any atom is -0.237 e. The van der Waals surface area contributed by atoms with Crippen LogP contribution in [0.15, 0.2) is 78.9 Å². The van der Waals surface area contributed by atoms with Crippen LogP contribution in [0.2, 0.25) is 0 Å². The number of rotatable bonds is 2. The van der Waals surface area contributed by atoms with Crippen molar-refractivity contribution in [3.63, 3.8) is 0 Å². The molecule has 0 saturated heterocycles. The van der Waals surface area contributed by atoms with E-state index in [2.05, 4.69) is 34.7 Å². The van der Waals surface area contributed by atoms with Crippen LogP contribution in [0.3, 0.4) is 0 Å². The summed E-state index contributed by atoms with van der Waals surface area (Å²) in [6, 6.07) is 19.5. The first kappa shape index (κ1) is 32.2. The molecule has 4 aromatic carbocycles. The van der Waals surface area contributed by atoms with Gasteiger partial charge in [0.15, 0.2) is 5.01 Å². The fourth-order valence-electron chi connectivity index (χ4n) is 4.99. The summed E-state index contributed by atoms with van der Waals surface area (Å²) < 4.78 is 80.8. The molecule has 4 heterocycles. The van der Waals surface area contributed by atoms with Gasteiger partial charge in [-0.05, 0) is 102 Å². The maximum atomic E-state index is 12.8. The molecule has 13 heteroatoms. The average molecular weight is 744 g/mol. The summed E-state index contributed by atoms with van der Waals surface area (Å²) in [5, 5.41) is 3.23. The summed E-state index contributed by atoms with van der Waals surface area (Å²) >= 11 is 5.98. The minimum atomic E-state index is -4.39. The van der Waals surface area contributed by atoms with E-state index in [0.29, 0.717) is 16.1 Å². The van der Waals surface area contributed by atoms with Crippen molar-refractivity contribution >= 4 is 98.2 Å². The standard InChI is InChI=1S/C37H15F6N3S4/c38-36(39,40)23-7-1-20(2-8-23)5-11-25-15-22-16-30-26(17-29(22)47-25)44-34(48-30)13-14-35-46-28-19-31-27(18-32(28)50-35)45-33(49-31)12-6-21-3-9-24(10-4-21)37(41,42)43/h1-4,7-10,13-19H/b14-13+. The number of thiophene rings is 1. The van der Waals surface area contributed by atoms with Crippen molar-refractivity contribution in [1.29, 1.82) is 0 Å². The third-order valence-corrected chi connectivity index (χ3v) is 11.3. The Morgan fingerprint density at radius 1 is 0.480 bits per heavy atom. The molecule has 0 N–H and O–H groups in total. The second-order valence-corrected chi connectivity index (χ2v) is 15.1. The van der Waals surface area contributed by atoms with E-state index in [0.717, 1.165) is 79.9 Å². The molecule has 3 nitrogen and oxygen atoms in total. The quantitative estimate of drug-likeness (QED) is 0.131. The molecule has 0 aliphatic carbocycles. The number of alkyl halides is 6. The van der Waals surface area contributed by atoms with E-state index in [9.17, 15) is 26.3 Å². The van der Waals surface area contributed by atoms with Crippen LogP contribution in [-0.4, -0.2) is 15.0 Å². The summed E-state index contributed by atoms with van der Waals surface area (Å²) in [6.07, 6.45) is -4.90. The number of hydrogen-bond donors (Lipinski definition) is 0. The van der Waals surface area contributed by atoms with Crippen LogP contribution in [0.25, 0.3) is 52.9 Å². The Hall–Kier alpha value is -5.05. The Balaban J connectivity index is 0.972. The topological polar surface area (TPSA) is 38.7 Å². The van der Waals surface area contributed by atoms with Crippen molar-refractivity contribution in [3.8, 4) is 23.7 Å². The van der Waals surface area contributed by atoms with E-state index in [-0.39, 0.29) is 0 Å². The first-order valence-electron chi connectivity index (χ1n) is 14.5. The number of nitrogens with zero attached hydrogens (tertiary/aromatic N) is 3. The van der Waals surface area contributed by atoms with Gasteiger partial charge in [-0.3, -0.25) is 0 Å². The highest BCUT2D eigenvalue weighted by Gasteiger charge is 2.30. The van der Waals surface area contributed by atoms with Gasteiger partial charge in [0.05, 0.1) is 46.7 Å². The molecule has 0 radical (unpaired) electrons. The maximum Gasteiger partial charge on any atom is 0.416 e. The van der Waals surface area contributed by atoms with Gasteiger partial charge in [0.1, 0.15) is 10.0 Å². The predicted octanol–water partition coefficient (Wildman–Crippen LogP) is 11.7. The molecule has 0 amide bonds. The minimum absolute atomic E-state index is 0.473. The zero-order valence-corrected chi connectivity index (χ0v) is 28.2. The van der Waals surface area contributed by atoms with Crippen LogP contribution in [0.5, 0.6) is 0 Å². The van der Waals surface area contributed by atoms with E-state index in [4.69, 9.17) is 9.97 Å². The Morgan fingerprint density at radius 3 is 1.52 bits per heavy atom. The normalized spacial score (nSPS) is 12.2. The lowest BCUT2D eigenvalue weighted by Crippen LogP contribution is -2.04. The summed E-state index contributed by atoms with van der Waals surface area (Å²) in [6.45, 7) is 0. The average Bonchev–Trinajstić information content (AvgIpc) is 3.86. The monoisotopic (exact) mass is 743 g/mol. The number of halogens is 6. The fraction of sp³-hybridized carbons (Fsp3) is 0.0541. The second-order valence-electron chi connectivity index (χ2n) is 10.9. The number of aromatic nitrogens is 3. The van der Waals surface area contributed by atoms with Crippen molar-refractivity contribution in [2.75, 3.05) is 0 Å². The molecule has 0 atom stereocenters. The smallest absolute Gasteiger partial charge is 0.237 e. The van der Waals surface area contributed by atoms with Crippen LogP contribution in [0, 0.1) is 23.7 Å². The lowest BCUT2D eigenvalue weighted by atomic mass is 10.1. The van der Waals surface area contributed by atoms with Crippen LogP contribution < -0.4 is 0 Å². The van der Waals surface area contributed by atoms with Gasteiger partial charge in [-0.25, -0.2) is 15.0 Å². The predicted molar refractivity (Wildman–Crippen MR) is 192 cm³/mol. The second kappa shape index (κ2) is 12.4. The van der Waals surface area contributed by atoms with Crippen molar-refractivity contribution in [2.45, 2.75) is 12.4 Å². The fourth-order valence-corrected chi connectivity index (χ4v) is 8.54.